The van der Waals surface area contributed by atoms with E-state index in [0.717, 1.165) is 48.5 Å². The molecule has 0 aromatic heterocycles. The summed E-state index contributed by atoms with van der Waals surface area (Å²) in [6, 6.07) is 4.51. The van der Waals surface area contributed by atoms with E-state index in [1.54, 1.807) is 11.8 Å². The number of carbonyl (C=O) groups excluding carboxylic acids is 1. The Kier molecular flexibility index (Phi) is 7.48. The highest BCUT2D eigenvalue weighted by atomic mass is 127. The van der Waals surface area contributed by atoms with Crippen LogP contribution in [0.1, 0.15) is 69.8 Å². The molecule has 1 aromatic carbocycles. The van der Waals surface area contributed by atoms with Gasteiger partial charge in [-0.25, -0.2) is 0 Å². The number of rotatable bonds is 3. The fraction of sp³-hybridized carbons (Fsp3) is 0.545. The molecular weight excluding hydrogens is 610 g/mol. The molecule has 0 atom stereocenters. The first-order valence-corrected chi connectivity index (χ1v) is 13.5. The summed E-state index contributed by atoms with van der Waals surface area (Å²) in [5.41, 5.74) is 0.954. The average Bonchev–Trinajstić information content (AvgIpc) is 3.02. The van der Waals surface area contributed by atoms with Crippen LogP contribution in [0.4, 0.5) is 0 Å². The highest BCUT2D eigenvalue weighted by Gasteiger charge is 2.39. The van der Waals surface area contributed by atoms with Gasteiger partial charge in [0.15, 0.2) is 5.17 Å². The van der Waals surface area contributed by atoms with Crippen molar-refractivity contribution >= 4 is 74.1 Å². The Morgan fingerprint density at radius 1 is 1.00 bits per heavy atom. The van der Waals surface area contributed by atoms with E-state index >= 15 is 0 Å². The van der Waals surface area contributed by atoms with E-state index < -0.39 is 0 Å². The van der Waals surface area contributed by atoms with Crippen molar-refractivity contribution in [2.75, 3.05) is 0 Å². The second-order valence-electron chi connectivity index (χ2n) is 8.11. The first-order chi connectivity index (χ1) is 14.0. The number of carbonyl (C=O) groups is 1. The third-order valence-corrected chi connectivity index (χ3v) is 8.62. The number of hydrogen-bond donors (Lipinski definition) is 1. The number of amides is 1. The number of thioether (sulfide) groups is 1. The molecule has 4 nitrogen and oxygen atoms in total. The predicted octanol–water partition coefficient (Wildman–Crippen LogP) is 6.54. The first kappa shape index (κ1) is 21.9. The van der Waals surface area contributed by atoms with Gasteiger partial charge in [0.05, 0.1) is 18.1 Å². The highest BCUT2D eigenvalue weighted by Crippen LogP contribution is 2.39. The minimum Gasteiger partial charge on any atom is -0.506 e. The molecule has 1 amide bonds. The van der Waals surface area contributed by atoms with Gasteiger partial charge in [-0.05, 0) is 106 Å². The quantitative estimate of drug-likeness (QED) is 0.303. The smallest absolute Gasteiger partial charge is 0.266 e. The summed E-state index contributed by atoms with van der Waals surface area (Å²) < 4.78 is 1.61. The SMILES string of the molecule is O=C1C(=Cc2cc(I)c(O)c(I)c2)SC(=NC2CCCCC2)N1C1CCCCC1. The van der Waals surface area contributed by atoms with Gasteiger partial charge in [0.1, 0.15) is 5.75 Å². The summed E-state index contributed by atoms with van der Waals surface area (Å²) in [6.07, 6.45) is 13.9. The zero-order valence-corrected chi connectivity index (χ0v) is 21.5. The lowest BCUT2D eigenvalue weighted by Crippen LogP contribution is -2.41. The van der Waals surface area contributed by atoms with E-state index in [9.17, 15) is 9.90 Å². The lowest BCUT2D eigenvalue weighted by atomic mass is 9.94. The third-order valence-electron chi connectivity index (χ3n) is 5.98. The van der Waals surface area contributed by atoms with Gasteiger partial charge in [-0.1, -0.05) is 38.5 Å². The van der Waals surface area contributed by atoms with Gasteiger partial charge < -0.3 is 5.11 Å². The van der Waals surface area contributed by atoms with E-state index in [4.69, 9.17) is 4.99 Å². The Balaban J connectivity index is 1.65. The van der Waals surface area contributed by atoms with E-state index in [0.29, 0.717) is 11.8 Å². The molecule has 29 heavy (non-hydrogen) atoms. The highest BCUT2D eigenvalue weighted by molar-refractivity contribution is 14.1. The van der Waals surface area contributed by atoms with E-state index in [1.165, 1.54) is 38.5 Å². The van der Waals surface area contributed by atoms with Crippen LogP contribution < -0.4 is 0 Å². The molecule has 1 aromatic rings. The number of hydrogen-bond acceptors (Lipinski definition) is 4. The maximum Gasteiger partial charge on any atom is 0.266 e. The maximum atomic E-state index is 13.4. The van der Waals surface area contributed by atoms with Crippen molar-refractivity contribution < 1.29 is 9.90 Å². The van der Waals surface area contributed by atoms with Gasteiger partial charge in [-0.3, -0.25) is 14.7 Å². The van der Waals surface area contributed by atoms with Crippen molar-refractivity contribution in [2.24, 2.45) is 4.99 Å². The number of nitrogens with zero attached hydrogens (tertiary/aromatic N) is 2. The Morgan fingerprint density at radius 2 is 1.59 bits per heavy atom. The molecule has 0 unspecified atom stereocenters. The topological polar surface area (TPSA) is 52.9 Å². The summed E-state index contributed by atoms with van der Waals surface area (Å²) in [5, 5.41) is 11.0. The molecule has 2 aliphatic carbocycles. The third kappa shape index (κ3) is 5.14. The second kappa shape index (κ2) is 9.89. The Morgan fingerprint density at radius 3 is 2.21 bits per heavy atom. The van der Waals surface area contributed by atoms with Crippen LogP contribution in [-0.4, -0.2) is 33.2 Å². The number of amidine groups is 1. The molecule has 0 bridgehead atoms. The average molecular weight is 636 g/mol. The van der Waals surface area contributed by atoms with Gasteiger partial charge in [-0.2, -0.15) is 0 Å². The molecule has 7 heteroatoms. The minimum absolute atomic E-state index is 0.106. The molecule has 1 saturated heterocycles. The zero-order valence-electron chi connectivity index (χ0n) is 16.4. The van der Waals surface area contributed by atoms with Crippen LogP contribution in [0.25, 0.3) is 6.08 Å². The molecule has 0 spiro atoms. The van der Waals surface area contributed by atoms with Gasteiger partial charge in [0.25, 0.3) is 5.91 Å². The molecular formula is C22H26I2N2O2S. The zero-order chi connectivity index (χ0) is 20.4. The summed E-state index contributed by atoms with van der Waals surface area (Å²) >= 11 is 5.82. The number of benzene rings is 1. The van der Waals surface area contributed by atoms with Crippen molar-refractivity contribution in [2.45, 2.75) is 76.3 Å². The fourth-order valence-electron chi connectivity index (χ4n) is 4.42. The Labute approximate surface area is 204 Å². The molecule has 3 fully saturated rings. The first-order valence-electron chi connectivity index (χ1n) is 10.5. The number of halogens is 2. The lowest BCUT2D eigenvalue weighted by Gasteiger charge is -2.31. The van der Waals surface area contributed by atoms with Crippen molar-refractivity contribution in [3.63, 3.8) is 0 Å². The van der Waals surface area contributed by atoms with Crippen LogP contribution in [0, 0.1) is 7.14 Å². The number of phenolic OH excluding ortho intramolecular Hbond substituents is 1. The fourth-order valence-corrected chi connectivity index (χ4v) is 7.35. The summed E-state index contributed by atoms with van der Waals surface area (Å²) in [7, 11) is 0. The van der Waals surface area contributed by atoms with Crippen LogP contribution in [0.5, 0.6) is 5.75 Å². The van der Waals surface area contributed by atoms with Crippen molar-refractivity contribution in [3.05, 3.63) is 29.7 Å². The van der Waals surface area contributed by atoms with Crippen LogP contribution in [0.2, 0.25) is 0 Å². The maximum absolute atomic E-state index is 13.4. The van der Waals surface area contributed by atoms with Crippen molar-refractivity contribution in [3.8, 4) is 5.75 Å². The van der Waals surface area contributed by atoms with E-state index in [1.807, 2.05) is 23.1 Å². The monoisotopic (exact) mass is 636 g/mol. The summed E-state index contributed by atoms with van der Waals surface area (Å²) in [6.45, 7) is 0. The molecule has 0 radical (unpaired) electrons. The number of phenols is 1. The molecule has 1 aliphatic heterocycles. The normalized spacial score (nSPS) is 24.8. The predicted molar refractivity (Wildman–Crippen MR) is 137 cm³/mol. The van der Waals surface area contributed by atoms with Crippen molar-refractivity contribution in [1.82, 2.24) is 4.90 Å². The van der Waals surface area contributed by atoms with Gasteiger partial charge in [0.2, 0.25) is 0 Å². The van der Waals surface area contributed by atoms with Gasteiger partial charge >= 0.3 is 0 Å². The summed E-state index contributed by atoms with van der Waals surface area (Å²) in [5.74, 6) is 0.414. The van der Waals surface area contributed by atoms with E-state index in [-0.39, 0.29) is 11.9 Å². The minimum atomic E-state index is 0.106. The van der Waals surface area contributed by atoms with Gasteiger partial charge in [-0.15, -0.1) is 0 Å². The second-order valence-corrected chi connectivity index (χ2v) is 11.4. The van der Waals surface area contributed by atoms with Crippen molar-refractivity contribution in [1.29, 1.82) is 0 Å². The van der Waals surface area contributed by atoms with Crippen LogP contribution >= 0.6 is 56.9 Å². The summed E-state index contributed by atoms with van der Waals surface area (Å²) in [4.78, 5) is 21.3. The van der Waals surface area contributed by atoms with E-state index in [2.05, 4.69) is 45.2 Å². The molecule has 156 valence electrons. The molecule has 2 saturated carbocycles. The van der Waals surface area contributed by atoms with Crippen LogP contribution in [0.15, 0.2) is 22.0 Å². The Bertz CT molecular complexity index is 820. The van der Waals surface area contributed by atoms with Crippen LogP contribution in [-0.2, 0) is 4.79 Å². The molecule has 4 rings (SSSR count). The number of aromatic hydroxyl groups is 1. The molecule has 1 heterocycles. The largest absolute Gasteiger partial charge is 0.506 e. The lowest BCUT2D eigenvalue weighted by molar-refractivity contribution is -0.124. The Hall–Kier alpha value is -0.290. The van der Waals surface area contributed by atoms with Crippen LogP contribution in [0.3, 0.4) is 0 Å². The molecule has 1 N–H and O–H groups in total. The van der Waals surface area contributed by atoms with Gasteiger partial charge in [0, 0.05) is 6.04 Å². The molecule has 3 aliphatic rings. The standard InChI is InChI=1S/C22H26I2N2O2S/c23-17-11-14(12-18(24)20(17)27)13-19-21(28)26(16-9-5-2-6-10-16)22(29-19)25-15-7-3-1-4-8-15/h11-13,15-16,27H,1-10H2. The number of aliphatic imine (C=N–C) groups is 1.